The van der Waals surface area contributed by atoms with Crippen LogP contribution in [0.5, 0.6) is 0 Å². The first-order valence-electron chi connectivity index (χ1n) is 4.54. The van der Waals surface area contributed by atoms with E-state index in [0.29, 0.717) is 0 Å². The highest BCUT2D eigenvalue weighted by atomic mass is 35.9. The summed E-state index contributed by atoms with van der Waals surface area (Å²) in [5, 5.41) is 0.994. The fourth-order valence-electron chi connectivity index (χ4n) is 1.40. The first kappa shape index (κ1) is 11.0. The van der Waals surface area contributed by atoms with Gasteiger partial charge in [-0.2, -0.15) is 0 Å². The molecule has 76 valence electrons. The predicted molar refractivity (Wildman–Crippen MR) is 70.1 cm³/mol. The number of halogens is 2. The van der Waals surface area contributed by atoms with Gasteiger partial charge >= 0.3 is 0 Å². The van der Waals surface area contributed by atoms with E-state index >= 15 is 0 Å². The van der Waals surface area contributed by atoms with Crippen molar-refractivity contribution < 1.29 is 0 Å². The molecule has 0 aliphatic rings. The van der Waals surface area contributed by atoms with Crippen LogP contribution in [0.25, 0.3) is 11.1 Å². The Morgan fingerprint density at radius 1 is 0.667 bits per heavy atom. The fraction of sp³-hybridized carbons (Fsp3) is 0. The summed E-state index contributed by atoms with van der Waals surface area (Å²) in [7, 11) is 0. The molecule has 0 radical (unpaired) electrons. The molecular weight excluding hydrogens is 246 g/mol. The average Bonchev–Trinajstić information content (AvgIpc) is 2.30. The normalized spacial score (nSPS) is 10.6. The second kappa shape index (κ2) is 4.99. The van der Waals surface area contributed by atoms with Crippen molar-refractivity contribution in [1.29, 1.82) is 0 Å². The molecule has 2 rings (SSSR count). The molecule has 0 N–H and O–H groups in total. The maximum absolute atomic E-state index is 5.83. The topological polar surface area (TPSA) is 0 Å². The first-order valence-corrected chi connectivity index (χ1v) is 7.70. The van der Waals surface area contributed by atoms with Crippen LogP contribution in [-0.2, 0) is 0 Å². The lowest BCUT2D eigenvalue weighted by Crippen LogP contribution is -1.92. The Bertz CT molecular complexity index is 423. The Morgan fingerprint density at radius 2 is 1.20 bits per heavy atom. The van der Waals surface area contributed by atoms with Crippen LogP contribution >= 0.6 is 29.1 Å². The summed E-state index contributed by atoms with van der Waals surface area (Å²) in [5.41, 5.74) is 2.39. The average molecular weight is 255 g/mol. The van der Waals surface area contributed by atoms with Crippen LogP contribution in [0.3, 0.4) is 0 Å². The summed E-state index contributed by atoms with van der Waals surface area (Å²) < 4.78 is 0. The Balaban J connectivity index is 2.32. The van der Waals surface area contributed by atoms with Gasteiger partial charge in [-0.05, 0) is 11.1 Å². The van der Waals surface area contributed by atoms with Crippen molar-refractivity contribution in [2.75, 3.05) is 0 Å². The Morgan fingerprint density at radius 3 is 1.73 bits per heavy atom. The van der Waals surface area contributed by atoms with Crippen molar-refractivity contribution in [3.63, 3.8) is 0 Å². The van der Waals surface area contributed by atoms with Gasteiger partial charge in [-0.1, -0.05) is 77.1 Å². The van der Waals surface area contributed by atoms with Gasteiger partial charge in [-0.25, -0.2) is 0 Å². The molecule has 0 atom stereocenters. The highest BCUT2D eigenvalue weighted by Crippen LogP contribution is 2.45. The summed E-state index contributed by atoms with van der Waals surface area (Å²) in [6.45, 7) is -1.03. The summed E-state index contributed by atoms with van der Waals surface area (Å²) in [5.74, 6) is 0. The molecule has 0 aromatic heterocycles. The van der Waals surface area contributed by atoms with Gasteiger partial charge < -0.3 is 0 Å². The number of hydrogen-bond donors (Lipinski definition) is 0. The van der Waals surface area contributed by atoms with Crippen LogP contribution in [0, 0.1) is 0 Å². The van der Waals surface area contributed by atoms with E-state index in [1.54, 1.807) is 0 Å². The lowest BCUT2D eigenvalue weighted by molar-refractivity contribution is 1.64. The van der Waals surface area contributed by atoms with Gasteiger partial charge in [0.2, 0.25) is 0 Å². The molecule has 0 aliphatic heterocycles. The molecule has 0 unspecified atom stereocenters. The molecule has 2 aromatic rings. The quantitative estimate of drug-likeness (QED) is 0.678. The molecule has 0 aliphatic carbocycles. The van der Waals surface area contributed by atoms with E-state index in [1.165, 1.54) is 11.1 Å². The van der Waals surface area contributed by atoms with Crippen molar-refractivity contribution in [1.82, 2.24) is 0 Å². The second-order valence-corrected chi connectivity index (χ2v) is 6.68. The third kappa shape index (κ3) is 2.72. The van der Waals surface area contributed by atoms with Gasteiger partial charge in [0, 0.05) is 5.30 Å². The molecule has 0 heterocycles. The molecule has 0 saturated carbocycles. The molecule has 0 spiro atoms. The monoisotopic (exact) mass is 254 g/mol. The van der Waals surface area contributed by atoms with Crippen molar-refractivity contribution in [2.24, 2.45) is 0 Å². The zero-order chi connectivity index (χ0) is 10.7. The van der Waals surface area contributed by atoms with Crippen molar-refractivity contribution in [3.05, 3.63) is 54.6 Å². The van der Waals surface area contributed by atoms with Gasteiger partial charge in [-0.15, -0.1) is 0 Å². The maximum atomic E-state index is 5.83. The molecule has 0 fully saturated rings. The molecule has 15 heavy (non-hydrogen) atoms. The summed E-state index contributed by atoms with van der Waals surface area (Å²) in [6, 6.07) is 18.3. The Hall–Kier alpha value is -0.550. The number of benzene rings is 2. The molecule has 0 nitrogen and oxygen atoms in total. The van der Waals surface area contributed by atoms with E-state index < -0.39 is 6.63 Å². The van der Waals surface area contributed by atoms with Crippen molar-refractivity contribution in [3.8, 4) is 11.1 Å². The zero-order valence-corrected chi connectivity index (χ0v) is 10.3. The van der Waals surface area contributed by atoms with Crippen molar-refractivity contribution in [2.45, 2.75) is 0 Å². The van der Waals surface area contributed by atoms with Crippen molar-refractivity contribution >= 4 is 34.4 Å². The number of rotatable bonds is 2. The lowest BCUT2D eigenvalue weighted by Gasteiger charge is -2.04. The first-order chi connectivity index (χ1) is 7.27. The van der Waals surface area contributed by atoms with Gasteiger partial charge in [0.1, 0.15) is 6.63 Å². The molecule has 0 amide bonds. The van der Waals surface area contributed by atoms with E-state index in [-0.39, 0.29) is 0 Å². The van der Waals surface area contributed by atoms with E-state index in [0.717, 1.165) is 5.30 Å². The van der Waals surface area contributed by atoms with Crippen LogP contribution in [-0.4, -0.2) is 0 Å². The molecule has 3 heteroatoms. The highest BCUT2D eigenvalue weighted by molar-refractivity contribution is 8.08. The minimum atomic E-state index is -1.03. The summed E-state index contributed by atoms with van der Waals surface area (Å²) in [6.07, 6.45) is 0. The van der Waals surface area contributed by atoms with E-state index in [4.69, 9.17) is 22.5 Å². The maximum Gasteiger partial charge on any atom is 0.116 e. The van der Waals surface area contributed by atoms with Crippen LogP contribution in [0.15, 0.2) is 54.6 Å². The van der Waals surface area contributed by atoms with Crippen LogP contribution < -0.4 is 5.30 Å². The third-order valence-corrected chi connectivity index (χ3v) is 4.03. The largest absolute Gasteiger partial charge is 0.116 e. The van der Waals surface area contributed by atoms with Gasteiger partial charge in [0.25, 0.3) is 0 Å². The standard InChI is InChI=1S/C12H9Cl2P/c13-15(14)12-8-6-11(7-9-12)10-4-2-1-3-5-10/h1-9H. The third-order valence-electron chi connectivity index (χ3n) is 2.17. The minimum absolute atomic E-state index is 0.994. The highest BCUT2D eigenvalue weighted by Gasteiger charge is 2.03. The fourth-order valence-corrected chi connectivity index (χ4v) is 2.45. The van der Waals surface area contributed by atoms with E-state index in [9.17, 15) is 0 Å². The predicted octanol–water partition coefficient (Wildman–Crippen LogP) is 4.77. The SMILES string of the molecule is ClP(Cl)c1ccc(-c2ccccc2)cc1. The van der Waals surface area contributed by atoms with E-state index in [2.05, 4.69) is 12.1 Å². The Kier molecular flexibility index (Phi) is 3.64. The molecule has 0 saturated heterocycles. The lowest BCUT2D eigenvalue weighted by atomic mass is 10.1. The van der Waals surface area contributed by atoms with Crippen LogP contribution in [0.2, 0.25) is 0 Å². The minimum Gasteiger partial charge on any atom is -0.0727 e. The molecular formula is C12H9Cl2P. The van der Waals surface area contributed by atoms with E-state index in [1.807, 2.05) is 42.5 Å². The molecule has 0 bridgehead atoms. The van der Waals surface area contributed by atoms with Gasteiger partial charge in [-0.3, -0.25) is 0 Å². The molecule has 2 aromatic carbocycles. The number of hydrogen-bond acceptors (Lipinski definition) is 0. The zero-order valence-electron chi connectivity index (χ0n) is 7.90. The summed E-state index contributed by atoms with van der Waals surface area (Å²) in [4.78, 5) is 0. The smallest absolute Gasteiger partial charge is 0.0727 e. The second-order valence-electron chi connectivity index (χ2n) is 3.15. The Labute approximate surface area is 100 Å². The van der Waals surface area contributed by atoms with Gasteiger partial charge in [0.15, 0.2) is 0 Å². The van der Waals surface area contributed by atoms with Crippen LogP contribution in [0.1, 0.15) is 0 Å². The van der Waals surface area contributed by atoms with Gasteiger partial charge in [0.05, 0.1) is 0 Å². The van der Waals surface area contributed by atoms with Crippen LogP contribution in [0.4, 0.5) is 0 Å². The summed E-state index contributed by atoms with van der Waals surface area (Å²) >= 11 is 11.7.